The SMILES string of the molecule is CC1(C)OC(=O)N(C(c2ccccc2)S(=O)(=O)c2ccccc2)[C@@H]1c1ccccc1. The van der Waals surface area contributed by atoms with Crippen molar-refractivity contribution in [3.8, 4) is 0 Å². The minimum absolute atomic E-state index is 0.156. The summed E-state index contributed by atoms with van der Waals surface area (Å²) < 4.78 is 33.3. The van der Waals surface area contributed by atoms with Gasteiger partial charge in [-0.2, -0.15) is 0 Å². The molecule has 6 heteroatoms. The van der Waals surface area contributed by atoms with E-state index in [4.69, 9.17) is 4.74 Å². The third-order valence-corrected chi connectivity index (χ3v) is 7.33. The van der Waals surface area contributed by atoms with E-state index in [1.807, 2.05) is 36.4 Å². The fourth-order valence-corrected chi connectivity index (χ4v) is 5.86. The van der Waals surface area contributed by atoms with Crippen molar-refractivity contribution >= 4 is 15.9 Å². The van der Waals surface area contributed by atoms with E-state index in [-0.39, 0.29) is 4.90 Å². The second-order valence-electron chi connectivity index (χ2n) is 7.81. The highest BCUT2D eigenvalue weighted by molar-refractivity contribution is 7.91. The molecule has 5 nitrogen and oxygen atoms in total. The first-order valence-corrected chi connectivity index (χ1v) is 11.3. The number of sulfone groups is 1. The third-order valence-electron chi connectivity index (χ3n) is 5.32. The van der Waals surface area contributed by atoms with Crippen molar-refractivity contribution in [2.75, 3.05) is 0 Å². The number of benzene rings is 3. The number of amides is 1. The molecular weight excluding hydrogens is 398 g/mol. The average molecular weight is 422 g/mol. The molecule has 0 aliphatic carbocycles. The third kappa shape index (κ3) is 3.48. The Kier molecular flexibility index (Phi) is 5.12. The zero-order valence-corrected chi connectivity index (χ0v) is 17.6. The minimum atomic E-state index is -3.94. The molecule has 3 aromatic carbocycles. The van der Waals surface area contributed by atoms with Crippen LogP contribution >= 0.6 is 0 Å². The summed E-state index contributed by atoms with van der Waals surface area (Å²) in [5.41, 5.74) is 0.423. The molecule has 0 saturated carbocycles. The lowest BCUT2D eigenvalue weighted by atomic mass is 9.91. The second kappa shape index (κ2) is 7.61. The lowest BCUT2D eigenvalue weighted by molar-refractivity contribution is 0.0674. The van der Waals surface area contributed by atoms with Gasteiger partial charge < -0.3 is 4.74 Å². The van der Waals surface area contributed by atoms with E-state index in [9.17, 15) is 13.2 Å². The van der Waals surface area contributed by atoms with Gasteiger partial charge in [0.1, 0.15) is 11.6 Å². The number of nitrogens with zero attached hydrogens (tertiary/aromatic N) is 1. The lowest BCUT2D eigenvalue weighted by Gasteiger charge is -2.34. The molecule has 1 saturated heterocycles. The number of cyclic esters (lactones) is 1. The minimum Gasteiger partial charge on any atom is -0.441 e. The Morgan fingerprint density at radius 1 is 0.833 bits per heavy atom. The van der Waals surface area contributed by atoms with Gasteiger partial charge in [-0.1, -0.05) is 78.9 Å². The van der Waals surface area contributed by atoms with Gasteiger partial charge in [0.2, 0.25) is 9.84 Å². The normalized spacial score (nSPS) is 19.3. The van der Waals surface area contributed by atoms with E-state index in [0.29, 0.717) is 5.56 Å². The van der Waals surface area contributed by atoms with E-state index in [1.165, 1.54) is 4.90 Å². The van der Waals surface area contributed by atoms with Crippen LogP contribution in [-0.4, -0.2) is 25.0 Å². The van der Waals surface area contributed by atoms with Gasteiger partial charge in [0.05, 0.1) is 4.90 Å². The Balaban J connectivity index is 1.93. The number of hydrogen-bond donors (Lipinski definition) is 0. The zero-order valence-electron chi connectivity index (χ0n) is 16.8. The molecule has 0 radical (unpaired) electrons. The summed E-state index contributed by atoms with van der Waals surface area (Å²) in [6.07, 6.45) is -0.651. The average Bonchev–Trinajstić information content (AvgIpc) is 2.98. The van der Waals surface area contributed by atoms with Crippen LogP contribution in [0.15, 0.2) is 95.9 Å². The summed E-state index contributed by atoms with van der Waals surface area (Å²) in [6, 6.07) is 25.9. The van der Waals surface area contributed by atoms with Crippen LogP contribution in [0.4, 0.5) is 4.79 Å². The summed E-state index contributed by atoms with van der Waals surface area (Å²) in [6.45, 7) is 3.61. The molecule has 1 unspecified atom stereocenters. The number of hydrogen-bond acceptors (Lipinski definition) is 4. The number of carbonyl (C=O) groups is 1. The predicted octanol–water partition coefficient (Wildman–Crippen LogP) is 5.13. The Labute approximate surface area is 176 Å². The first kappa shape index (κ1) is 20.2. The highest BCUT2D eigenvalue weighted by Crippen LogP contribution is 2.48. The zero-order chi connectivity index (χ0) is 21.4. The van der Waals surface area contributed by atoms with Crippen molar-refractivity contribution in [1.29, 1.82) is 0 Å². The quantitative estimate of drug-likeness (QED) is 0.573. The Bertz CT molecular complexity index is 1130. The Morgan fingerprint density at radius 3 is 1.90 bits per heavy atom. The molecular formula is C24H23NO4S. The van der Waals surface area contributed by atoms with Gasteiger partial charge in [0.15, 0.2) is 5.37 Å². The maximum Gasteiger partial charge on any atom is 0.412 e. The van der Waals surface area contributed by atoms with Crippen molar-refractivity contribution in [3.05, 3.63) is 102 Å². The van der Waals surface area contributed by atoms with Gasteiger partial charge in [-0.15, -0.1) is 0 Å². The lowest BCUT2D eigenvalue weighted by Crippen LogP contribution is -2.39. The summed E-state index contributed by atoms with van der Waals surface area (Å²) in [4.78, 5) is 14.6. The van der Waals surface area contributed by atoms with Crippen LogP contribution < -0.4 is 0 Å². The van der Waals surface area contributed by atoms with Crippen LogP contribution in [0.5, 0.6) is 0 Å². The Morgan fingerprint density at radius 2 is 1.33 bits per heavy atom. The first-order valence-electron chi connectivity index (χ1n) is 9.72. The predicted molar refractivity (Wildman–Crippen MR) is 114 cm³/mol. The van der Waals surface area contributed by atoms with E-state index >= 15 is 0 Å². The van der Waals surface area contributed by atoms with Crippen LogP contribution in [0.3, 0.4) is 0 Å². The standard InChI is InChI=1S/C24H23NO4S/c1-24(2)21(18-12-6-3-7-13-18)25(23(26)29-24)22(19-14-8-4-9-15-19)30(27,28)20-16-10-5-11-17-20/h3-17,21-22H,1-2H3/t21-,22?/m1/s1. The summed E-state index contributed by atoms with van der Waals surface area (Å²) in [5.74, 6) is 0. The fraction of sp³-hybridized carbons (Fsp3) is 0.208. The van der Waals surface area contributed by atoms with Gasteiger partial charge in [-0.05, 0) is 37.1 Å². The van der Waals surface area contributed by atoms with E-state index in [1.54, 1.807) is 68.4 Å². The second-order valence-corrected chi connectivity index (χ2v) is 9.82. The van der Waals surface area contributed by atoms with Crippen LogP contribution in [0.1, 0.15) is 36.4 Å². The largest absolute Gasteiger partial charge is 0.441 e. The highest BCUT2D eigenvalue weighted by Gasteiger charge is 2.54. The smallest absolute Gasteiger partial charge is 0.412 e. The van der Waals surface area contributed by atoms with E-state index < -0.39 is 32.9 Å². The summed E-state index contributed by atoms with van der Waals surface area (Å²) >= 11 is 0. The van der Waals surface area contributed by atoms with E-state index in [0.717, 1.165) is 5.56 Å². The molecule has 0 spiro atoms. The highest BCUT2D eigenvalue weighted by atomic mass is 32.2. The molecule has 2 atom stereocenters. The number of ether oxygens (including phenoxy) is 1. The maximum absolute atomic E-state index is 13.8. The monoisotopic (exact) mass is 421 g/mol. The van der Waals surface area contributed by atoms with Crippen molar-refractivity contribution in [2.45, 2.75) is 35.8 Å². The molecule has 1 amide bonds. The molecule has 0 bridgehead atoms. The fourth-order valence-electron chi connectivity index (χ4n) is 4.05. The van der Waals surface area contributed by atoms with Gasteiger partial charge in [0.25, 0.3) is 0 Å². The van der Waals surface area contributed by atoms with Crippen LogP contribution in [0.25, 0.3) is 0 Å². The van der Waals surface area contributed by atoms with Crippen LogP contribution in [0.2, 0.25) is 0 Å². The van der Waals surface area contributed by atoms with Crippen LogP contribution in [0, 0.1) is 0 Å². The molecule has 0 aromatic heterocycles. The van der Waals surface area contributed by atoms with Gasteiger partial charge in [0, 0.05) is 0 Å². The summed E-state index contributed by atoms with van der Waals surface area (Å²) in [5, 5.41) is -1.22. The number of rotatable bonds is 5. The van der Waals surface area contributed by atoms with Gasteiger partial charge in [-0.3, -0.25) is 4.90 Å². The summed E-state index contributed by atoms with van der Waals surface area (Å²) in [7, 11) is -3.94. The molecule has 1 fully saturated rings. The van der Waals surface area contributed by atoms with Crippen LogP contribution in [-0.2, 0) is 14.6 Å². The molecule has 4 rings (SSSR count). The van der Waals surface area contributed by atoms with Crippen molar-refractivity contribution < 1.29 is 17.9 Å². The van der Waals surface area contributed by atoms with Crippen molar-refractivity contribution in [3.63, 3.8) is 0 Å². The molecule has 154 valence electrons. The molecule has 1 heterocycles. The molecule has 30 heavy (non-hydrogen) atoms. The van der Waals surface area contributed by atoms with Crippen molar-refractivity contribution in [2.24, 2.45) is 0 Å². The molecule has 0 N–H and O–H groups in total. The van der Waals surface area contributed by atoms with E-state index in [2.05, 4.69) is 0 Å². The topological polar surface area (TPSA) is 63.7 Å². The maximum atomic E-state index is 13.8. The Hall–Kier alpha value is -3.12. The number of carbonyl (C=O) groups excluding carboxylic acids is 1. The van der Waals surface area contributed by atoms with Gasteiger partial charge in [-0.25, -0.2) is 13.2 Å². The molecule has 1 aliphatic rings. The van der Waals surface area contributed by atoms with Crippen molar-refractivity contribution in [1.82, 2.24) is 4.90 Å². The first-order chi connectivity index (χ1) is 14.3. The molecule has 1 aliphatic heterocycles. The molecule has 3 aromatic rings. The van der Waals surface area contributed by atoms with Gasteiger partial charge >= 0.3 is 6.09 Å².